The van der Waals surface area contributed by atoms with Crippen LogP contribution in [0.2, 0.25) is 0 Å². The maximum Gasteiger partial charge on any atom is 0.451 e. The van der Waals surface area contributed by atoms with Crippen LogP contribution in [0.3, 0.4) is 0 Å². The van der Waals surface area contributed by atoms with Crippen LogP contribution in [0.25, 0.3) is 6.08 Å². The van der Waals surface area contributed by atoms with Crippen LogP contribution in [0.15, 0.2) is 18.5 Å². The summed E-state index contributed by atoms with van der Waals surface area (Å²) in [6.07, 6.45) is 0.357. The van der Waals surface area contributed by atoms with Crippen LogP contribution in [-0.2, 0) is 11.0 Å². The largest absolute Gasteiger partial charge is 0.451 e. The third kappa shape index (κ3) is 3.68. The fourth-order valence-electron chi connectivity index (χ4n) is 0.882. The Morgan fingerprint density at radius 3 is 2.38 bits per heavy atom. The van der Waals surface area contributed by atoms with Gasteiger partial charge in [0.25, 0.3) is 0 Å². The summed E-state index contributed by atoms with van der Waals surface area (Å²) in [7, 11) is 0. The summed E-state index contributed by atoms with van der Waals surface area (Å²) in [4.78, 5) is 16.7. The summed E-state index contributed by atoms with van der Waals surface area (Å²) in [6.45, 7) is 0. The molecule has 0 saturated heterocycles. The molecule has 0 radical (unpaired) electrons. The molecular weight excluding hydrogens is 223 g/mol. The van der Waals surface area contributed by atoms with Gasteiger partial charge in [-0.3, -0.25) is 4.79 Å². The molecule has 16 heavy (non-hydrogen) atoms. The van der Waals surface area contributed by atoms with Gasteiger partial charge in [0, 0.05) is 24.4 Å². The van der Waals surface area contributed by atoms with Crippen molar-refractivity contribution in [2.45, 2.75) is 12.6 Å². The zero-order valence-corrected chi connectivity index (χ0v) is 8.03. The number of halogens is 3. The van der Waals surface area contributed by atoms with Crippen LogP contribution >= 0.6 is 0 Å². The molecule has 0 aliphatic carbocycles. The van der Waals surface area contributed by atoms with E-state index in [-0.39, 0.29) is 6.42 Å². The Bertz CT molecular complexity index is 397. The maximum absolute atomic E-state index is 12.1. The lowest BCUT2D eigenvalue weighted by molar-refractivity contribution is -0.145. The number of amides is 1. The molecule has 4 nitrogen and oxygen atoms in total. The summed E-state index contributed by atoms with van der Waals surface area (Å²) in [5.41, 5.74) is 5.24. The highest BCUT2D eigenvalue weighted by Gasteiger charge is 2.34. The molecule has 0 atom stereocenters. The first-order chi connectivity index (χ1) is 7.39. The molecule has 0 bridgehead atoms. The molecule has 1 heterocycles. The standard InChI is InChI=1S/C9H8F3N3O/c10-9(11,12)8-14-4-6(5-15-8)2-1-3-7(13)16/h1-2,4-5H,3H2,(H2,13,16). The molecule has 1 amide bonds. The Balaban J connectivity index is 2.72. The molecular formula is C9H8F3N3O. The fourth-order valence-corrected chi connectivity index (χ4v) is 0.882. The highest BCUT2D eigenvalue weighted by atomic mass is 19.4. The minimum Gasteiger partial charge on any atom is -0.369 e. The van der Waals surface area contributed by atoms with Gasteiger partial charge < -0.3 is 5.73 Å². The molecule has 2 N–H and O–H groups in total. The lowest BCUT2D eigenvalue weighted by atomic mass is 10.2. The summed E-state index contributed by atoms with van der Waals surface area (Å²) in [5.74, 6) is -1.72. The lowest BCUT2D eigenvalue weighted by Crippen LogP contribution is -2.10. The third-order valence-electron chi connectivity index (χ3n) is 1.55. The van der Waals surface area contributed by atoms with Crippen molar-refractivity contribution in [2.75, 3.05) is 0 Å². The van der Waals surface area contributed by atoms with Gasteiger partial charge in [0.05, 0.1) is 0 Å². The molecule has 0 fully saturated rings. The number of rotatable bonds is 3. The van der Waals surface area contributed by atoms with Gasteiger partial charge in [-0.05, 0) is 0 Å². The first kappa shape index (κ1) is 12.2. The number of aromatic nitrogens is 2. The van der Waals surface area contributed by atoms with Crippen LogP contribution in [0.5, 0.6) is 0 Å². The van der Waals surface area contributed by atoms with Gasteiger partial charge in [-0.2, -0.15) is 13.2 Å². The van der Waals surface area contributed by atoms with E-state index in [1.165, 1.54) is 12.2 Å². The first-order valence-electron chi connectivity index (χ1n) is 4.23. The molecule has 1 aromatic heterocycles. The third-order valence-corrected chi connectivity index (χ3v) is 1.55. The Labute approximate surface area is 89.0 Å². The minimum atomic E-state index is -4.55. The number of nitrogens with two attached hydrogens (primary N) is 1. The fraction of sp³-hybridized carbons (Fsp3) is 0.222. The normalized spacial score (nSPS) is 11.9. The first-order valence-corrected chi connectivity index (χ1v) is 4.23. The van der Waals surface area contributed by atoms with E-state index in [0.717, 1.165) is 12.4 Å². The van der Waals surface area contributed by atoms with E-state index in [1.807, 2.05) is 0 Å². The van der Waals surface area contributed by atoms with Crippen molar-refractivity contribution in [3.05, 3.63) is 29.9 Å². The molecule has 7 heteroatoms. The van der Waals surface area contributed by atoms with Crippen LogP contribution in [0.4, 0.5) is 13.2 Å². The van der Waals surface area contributed by atoms with Gasteiger partial charge in [0.2, 0.25) is 11.7 Å². The van der Waals surface area contributed by atoms with Gasteiger partial charge in [0.1, 0.15) is 0 Å². The smallest absolute Gasteiger partial charge is 0.369 e. The minimum absolute atomic E-state index is 0.0149. The van der Waals surface area contributed by atoms with E-state index in [2.05, 4.69) is 9.97 Å². The van der Waals surface area contributed by atoms with Crippen molar-refractivity contribution in [1.82, 2.24) is 9.97 Å². The van der Waals surface area contributed by atoms with Crippen LogP contribution < -0.4 is 5.73 Å². The van der Waals surface area contributed by atoms with E-state index in [1.54, 1.807) is 0 Å². The van der Waals surface area contributed by atoms with Gasteiger partial charge in [-0.1, -0.05) is 12.2 Å². The van der Waals surface area contributed by atoms with Crippen molar-refractivity contribution < 1.29 is 18.0 Å². The molecule has 0 unspecified atom stereocenters. The van der Waals surface area contributed by atoms with Crippen molar-refractivity contribution in [2.24, 2.45) is 5.73 Å². The SMILES string of the molecule is NC(=O)CC=Cc1cnc(C(F)(F)F)nc1. The summed E-state index contributed by atoms with van der Waals surface area (Å²) < 4.78 is 36.2. The molecule has 0 saturated carbocycles. The Morgan fingerprint density at radius 1 is 1.38 bits per heavy atom. The quantitative estimate of drug-likeness (QED) is 0.854. The number of carbonyl (C=O) groups excluding carboxylic acids is 1. The number of alkyl halides is 3. The van der Waals surface area contributed by atoms with Crippen molar-refractivity contribution in [3.8, 4) is 0 Å². The monoisotopic (exact) mass is 231 g/mol. The summed E-state index contributed by atoms with van der Waals surface area (Å²) in [5, 5.41) is 0. The van der Waals surface area contributed by atoms with E-state index in [4.69, 9.17) is 5.73 Å². The topological polar surface area (TPSA) is 68.9 Å². The Hall–Kier alpha value is -1.92. The zero-order valence-electron chi connectivity index (χ0n) is 8.03. The van der Waals surface area contributed by atoms with Gasteiger partial charge >= 0.3 is 6.18 Å². The van der Waals surface area contributed by atoms with Crippen molar-refractivity contribution in [1.29, 1.82) is 0 Å². The predicted molar refractivity (Wildman–Crippen MR) is 49.9 cm³/mol. The van der Waals surface area contributed by atoms with Crippen molar-refractivity contribution >= 4 is 12.0 Å². The van der Waals surface area contributed by atoms with Crippen molar-refractivity contribution in [3.63, 3.8) is 0 Å². The van der Waals surface area contributed by atoms with Crippen LogP contribution in [-0.4, -0.2) is 15.9 Å². The second-order valence-electron chi connectivity index (χ2n) is 2.91. The lowest BCUT2D eigenvalue weighted by Gasteiger charge is -2.03. The van der Waals surface area contributed by atoms with Crippen LogP contribution in [0.1, 0.15) is 17.8 Å². The number of carbonyl (C=O) groups is 1. The van der Waals surface area contributed by atoms with E-state index >= 15 is 0 Å². The highest BCUT2D eigenvalue weighted by molar-refractivity contribution is 5.76. The van der Waals surface area contributed by atoms with E-state index in [0.29, 0.717) is 5.56 Å². The zero-order chi connectivity index (χ0) is 12.2. The molecule has 1 rings (SSSR count). The Morgan fingerprint density at radius 2 is 1.94 bits per heavy atom. The highest BCUT2D eigenvalue weighted by Crippen LogP contribution is 2.25. The van der Waals surface area contributed by atoms with Crippen LogP contribution in [0, 0.1) is 0 Å². The van der Waals surface area contributed by atoms with E-state index in [9.17, 15) is 18.0 Å². The molecule has 0 aromatic carbocycles. The summed E-state index contributed by atoms with van der Waals surface area (Å²) >= 11 is 0. The number of nitrogens with zero attached hydrogens (tertiary/aromatic N) is 2. The summed E-state index contributed by atoms with van der Waals surface area (Å²) in [6, 6.07) is 0. The second-order valence-corrected chi connectivity index (χ2v) is 2.91. The number of hydrogen-bond donors (Lipinski definition) is 1. The maximum atomic E-state index is 12.1. The molecule has 0 spiro atoms. The average molecular weight is 231 g/mol. The molecule has 0 aliphatic heterocycles. The predicted octanol–water partition coefficient (Wildman–Crippen LogP) is 1.38. The van der Waals surface area contributed by atoms with Gasteiger partial charge in [-0.25, -0.2) is 9.97 Å². The number of primary amides is 1. The second kappa shape index (κ2) is 4.73. The van der Waals surface area contributed by atoms with Gasteiger partial charge in [-0.15, -0.1) is 0 Å². The molecule has 86 valence electrons. The van der Waals surface area contributed by atoms with Gasteiger partial charge in [0.15, 0.2) is 0 Å². The number of hydrogen-bond acceptors (Lipinski definition) is 3. The molecule has 1 aromatic rings. The molecule has 0 aliphatic rings. The van der Waals surface area contributed by atoms with E-state index < -0.39 is 17.9 Å². The Kier molecular flexibility index (Phi) is 3.60. The average Bonchev–Trinajstić information content (AvgIpc) is 2.16.